The third kappa shape index (κ3) is 3.52. The van der Waals surface area contributed by atoms with Crippen LogP contribution >= 0.6 is 23.2 Å². The second-order valence-corrected chi connectivity index (χ2v) is 6.37. The molecular weight excluding hydrogens is 354 g/mol. The van der Waals surface area contributed by atoms with E-state index in [0.29, 0.717) is 10.7 Å². The van der Waals surface area contributed by atoms with E-state index >= 15 is 0 Å². The van der Waals surface area contributed by atoms with Crippen molar-refractivity contribution >= 4 is 46.4 Å². The van der Waals surface area contributed by atoms with Gasteiger partial charge in [0.1, 0.15) is 5.82 Å². The number of carbonyl (C=O) groups is 2. The van der Waals surface area contributed by atoms with Gasteiger partial charge >= 0.3 is 0 Å². The van der Waals surface area contributed by atoms with Crippen molar-refractivity contribution in [2.75, 3.05) is 16.8 Å². The lowest BCUT2D eigenvalue weighted by Crippen LogP contribution is -2.28. The quantitative estimate of drug-likeness (QED) is 0.887. The lowest BCUT2D eigenvalue weighted by atomic mass is 10.1. The highest BCUT2D eigenvalue weighted by atomic mass is 35.5. The fraction of sp³-hybridized carbons (Fsp3) is 0.176. The first-order valence-corrected chi connectivity index (χ1v) is 8.01. The number of hydrogen-bond donors (Lipinski definition) is 1. The molecule has 1 heterocycles. The molecule has 4 nitrogen and oxygen atoms in total. The Morgan fingerprint density at radius 2 is 1.79 bits per heavy atom. The van der Waals surface area contributed by atoms with Gasteiger partial charge in [-0.3, -0.25) is 9.59 Å². The fourth-order valence-corrected chi connectivity index (χ4v) is 2.86. The Morgan fingerprint density at radius 3 is 2.46 bits per heavy atom. The largest absolute Gasteiger partial charge is 0.323 e. The molecule has 1 fully saturated rings. The normalized spacial score (nSPS) is 17.2. The number of benzene rings is 2. The summed E-state index contributed by atoms with van der Waals surface area (Å²) in [6.45, 7) is 0.238. The Kier molecular flexibility index (Phi) is 4.73. The summed E-state index contributed by atoms with van der Waals surface area (Å²) in [6.07, 6.45) is 0.0731. The first kappa shape index (κ1) is 16.7. The molecule has 1 N–H and O–H groups in total. The number of rotatable bonds is 3. The monoisotopic (exact) mass is 366 g/mol. The summed E-state index contributed by atoms with van der Waals surface area (Å²) in [4.78, 5) is 26.0. The molecule has 0 saturated carbocycles. The molecule has 0 unspecified atom stereocenters. The predicted molar refractivity (Wildman–Crippen MR) is 92.0 cm³/mol. The van der Waals surface area contributed by atoms with Crippen LogP contribution in [0.15, 0.2) is 42.5 Å². The highest BCUT2D eigenvalue weighted by molar-refractivity contribution is 6.31. The molecule has 3 rings (SSSR count). The maximum atomic E-state index is 13.8. The van der Waals surface area contributed by atoms with Crippen LogP contribution in [0.2, 0.25) is 10.0 Å². The van der Waals surface area contributed by atoms with Gasteiger partial charge in [0.2, 0.25) is 11.8 Å². The number of nitrogens with zero attached hydrogens (tertiary/aromatic N) is 1. The van der Waals surface area contributed by atoms with E-state index in [2.05, 4.69) is 5.32 Å². The van der Waals surface area contributed by atoms with Gasteiger partial charge in [-0.15, -0.1) is 0 Å². The van der Waals surface area contributed by atoms with Gasteiger partial charge in [0.15, 0.2) is 0 Å². The van der Waals surface area contributed by atoms with Gasteiger partial charge in [-0.1, -0.05) is 23.2 Å². The molecule has 1 aliphatic heterocycles. The maximum absolute atomic E-state index is 13.8. The second-order valence-electron chi connectivity index (χ2n) is 5.50. The van der Waals surface area contributed by atoms with Crippen molar-refractivity contribution in [2.45, 2.75) is 6.42 Å². The third-order valence-corrected chi connectivity index (χ3v) is 4.31. The minimum Gasteiger partial charge on any atom is -0.323 e. The van der Waals surface area contributed by atoms with E-state index in [1.807, 2.05) is 0 Å². The molecule has 0 aliphatic carbocycles. The summed E-state index contributed by atoms with van der Waals surface area (Å²) in [5.74, 6) is -1.73. The summed E-state index contributed by atoms with van der Waals surface area (Å²) >= 11 is 11.5. The molecule has 124 valence electrons. The zero-order valence-corrected chi connectivity index (χ0v) is 13.9. The smallest absolute Gasteiger partial charge is 0.229 e. The molecule has 0 aromatic heterocycles. The first-order valence-electron chi connectivity index (χ1n) is 7.26. The van der Waals surface area contributed by atoms with Crippen LogP contribution in [0.25, 0.3) is 0 Å². The van der Waals surface area contributed by atoms with Crippen LogP contribution in [0.5, 0.6) is 0 Å². The Hall–Kier alpha value is -2.11. The van der Waals surface area contributed by atoms with E-state index in [1.165, 1.54) is 17.0 Å². The standard InChI is InChI=1S/C17H13Cl2FN2O2/c18-11-1-4-13(5-2-11)22-9-10(7-16(22)23)17(24)21-15-6-3-12(19)8-14(15)20/h1-6,8,10H,7,9H2,(H,21,24)/t10-/m0/s1. The molecule has 2 aromatic rings. The van der Waals surface area contributed by atoms with E-state index in [4.69, 9.17) is 23.2 Å². The molecule has 1 saturated heterocycles. The van der Waals surface area contributed by atoms with Crippen LogP contribution in [0, 0.1) is 11.7 Å². The molecule has 1 aliphatic rings. The first-order chi connectivity index (χ1) is 11.4. The van der Waals surface area contributed by atoms with E-state index in [0.717, 1.165) is 6.07 Å². The van der Waals surface area contributed by atoms with Gasteiger partial charge in [-0.2, -0.15) is 0 Å². The maximum Gasteiger partial charge on any atom is 0.229 e. The molecule has 0 bridgehead atoms. The van der Waals surface area contributed by atoms with Crippen molar-refractivity contribution < 1.29 is 14.0 Å². The number of nitrogens with one attached hydrogen (secondary N) is 1. The van der Waals surface area contributed by atoms with E-state index in [-0.39, 0.29) is 29.6 Å². The third-order valence-electron chi connectivity index (χ3n) is 3.82. The molecule has 2 amide bonds. The lowest BCUT2D eigenvalue weighted by Gasteiger charge is -2.17. The molecule has 1 atom stereocenters. The van der Waals surface area contributed by atoms with Crippen LogP contribution in [0.3, 0.4) is 0 Å². The van der Waals surface area contributed by atoms with Crippen molar-refractivity contribution in [3.8, 4) is 0 Å². The van der Waals surface area contributed by atoms with E-state index in [9.17, 15) is 14.0 Å². The van der Waals surface area contributed by atoms with Crippen molar-refractivity contribution in [2.24, 2.45) is 5.92 Å². The molecule has 24 heavy (non-hydrogen) atoms. The van der Waals surface area contributed by atoms with Crippen LogP contribution in [0.4, 0.5) is 15.8 Å². The highest BCUT2D eigenvalue weighted by Crippen LogP contribution is 2.27. The van der Waals surface area contributed by atoms with Crippen LogP contribution in [-0.2, 0) is 9.59 Å². The zero-order chi connectivity index (χ0) is 17.3. The van der Waals surface area contributed by atoms with Crippen LogP contribution < -0.4 is 10.2 Å². The average Bonchev–Trinajstić information content (AvgIpc) is 2.93. The van der Waals surface area contributed by atoms with E-state index in [1.54, 1.807) is 24.3 Å². The molecule has 2 aromatic carbocycles. The Morgan fingerprint density at radius 1 is 1.12 bits per heavy atom. The lowest BCUT2D eigenvalue weighted by molar-refractivity contribution is -0.122. The minimum atomic E-state index is -0.616. The van der Waals surface area contributed by atoms with Crippen molar-refractivity contribution in [3.05, 3.63) is 58.3 Å². The van der Waals surface area contributed by atoms with Crippen LogP contribution in [0.1, 0.15) is 6.42 Å². The molecule has 0 spiro atoms. The van der Waals surface area contributed by atoms with Gasteiger partial charge in [-0.05, 0) is 42.5 Å². The highest BCUT2D eigenvalue weighted by Gasteiger charge is 2.35. The number of anilines is 2. The second kappa shape index (κ2) is 6.79. The van der Waals surface area contributed by atoms with Crippen molar-refractivity contribution in [1.82, 2.24) is 0 Å². The van der Waals surface area contributed by atoms with Crippen LogP contribution in [-0.4, -0.2) is 18.4 Å². The van der Waals surface area contributed by atoms with Crippen molar-refractivity contribution in [3.63, 3.8) is 0 Å². The zero-order valence-electron chi connectivity index (χ0n) is 12.4. The van der Waals surface area contributed by atoms with Gasteiger partial charge in [0, 0.05) is 28.7 Å². The van der Waals surface area contributed by atoms with Gasteiger partial charge in [0.25, 0.3) is 0 Å². The molecule has 7 heteroatoms. The van der Waals surface area contributed by atoms with Crippen molar-refractivity contribution in [1.29, 1.82) is 0 Å². The minimum absolute atomic E-state index is 0.0433. The molecular formula is C17H13Cl2FN2O2. The molecule has 0 radical (unpaired) electrons. The predicted octanol–water partition coefficient (Wildman–Crippen LogP) is 4.12. The number of amides is 2. The summed E-state index contributed by atoms with van der Waals surface area (Å²) in [6, 6.07) is 10.8. The number of carbonyl (C=O) groups excluding carboxylic acids is 2. The van der Waals surface area contributed by atoms with Gasteiger partial charge in [-0.25, -0.2) is 4.39 Å². The Balaban J connectivity index is 1.70. The summed E-state index contributed by atoms with van der Waals surface area (Å²) < 4.78 is 13.8. The summed E-state index contributed by atoms with van der Waals surface area (Å²) in [7, 11) is 0. The van der Waals surface area contributed by atoms with Gasteiger partial charge < -0.3 is 10.2 Å². The topological polar surface area (TPSA) is 49.4 Å². The average molecular weight is 367 g/mol. The SMILES string of the molecule is O=C(Nc1ccc(Cl)cc1F)[C@H]1CC(=O)N(c2ccc(Cl)cc2)C1. The van der Waals surface area contributed by atoms with E-state index < -0.39 is 17.6 Å². The summed E-state index contributed by atoms with van der Waals surface area (Å²) in [5, 5.41) is 3.32. The van der Waals surface area contributed by atoms with Gasteiger partial charge in [0.05, 0.1) is 11.6 Å². The fourth-order valence-electron chi connectivity index (χ4n) is 2.58. The Bertz CT molecular complexity index is 796. The Labute approximate surface area is 148 Å². The number of hydrogen-bond acceptors (Lipinski definition) is 2. The number of halogens is 3. The summed E-state index contributed by atoms with van der Waals surface area (Å²) in [5.41, 5.74) is 0.721.